The first-order valence-corrected chi connectivity index (χ1v) is 4.68. The molecule has 0 unspecified atom stereocenters. The summed E-state index contributed by atoms with van der Waals surface area (Å²) < 4.78 is 1.94. The predicted molar refractivity (Wildman–Crippen MR) is 59.4 cm³/mol. The molecule has 2 rings (SSSR count). The minimum absolute atomic E-state index is 0.270. The van der Waals surface area contributed by atoms with Crippen LogP contribution in [0.3, 0.4) is 0 Å². The van der Waals surface area contributed by atoms with Gasteiger partial charge in [0.25, 0.3) is 0 Å². The van der Waals surface area contributed by atoms with Crippen LogP contribution in [0.25, 0.3) is 0 Å². The number of rotatable bonds is 2. The molecular formula is C11H13N3O. The molecule has 1 aromatic heterocycles. The molecule has 0 radical (unpaired) electrons. The van der Waals surface area contributed by atoms with Gasteiger partial charge in [0.15, 0.2) is 0 Å². The fourth-order valence-corrected chi connectivity index (χ4v) is 1.47. The van der Waals surface area contributed by atoms with Gasteiger partial charge in [0.2, 0.25) is 5.95 Å². The van der Waals surface area contributed by atoms with Gasteiger partial charge in [0, 0.05) is 32.2 Å². The second-order valence-electron chi connectivity index (χ2n) is 3.41. The van der Waals surface area contributed by atoms with E-state index in [-0.39, 0.29) is 5.75 Å². The van der Waals surface area contributed by atoms with Crippen LogP contribution in [0.5, 0.6) is 5.75 Å². The summed E-state index contributed by atoms with van der Waals surface area (Å²) in [5, 5.41) is 9.18. The van der Waals surface area contributed by atoms with Crippen LogP contribution in [0.4, 0.5) is 11.6 Å². The van der Waals surface area contributed by atoms with Crippen molar-refractivity contribution in [3.63, 3.8) is 0 Å². The Labute approximate surface area is 88.4 Å². The Kier molecular flexibility index (Phi) is 2.33. The highest BCUT2D eigenvalue weighted by molar-refractivity contribution is 5.57. The molecule has 0 bridgehead atoms. The van der Waals surface area contributed by atoms with E-state index in [9.17, 15) is 5.11 Å². The molecule has 0 atom stereocenters. The van der Waals surface area contributed by atoms with Crippen molar-refractivity contribution in [2.45, 2.75) is 0 Å². The van der Waals surface area contributed by atoms with Gasteiger partial charge in [-0.1, -0.05) is 0 Å². The fourth-order valence-electron chi connectivity index (χ4n) is 1.47. The molecule has 4 nitrogen and oxygen atoms in total. The fraction of sp³-hybridized carbons (Fsp3) is 0.182. The van der Waals surface area contributed by atoms with E-state index >= 15 is 0 Å². The zero-order chi connectivity index (χ0) is 10.8. The first kappa shape index (κ1) is 9.58. The van der Waals surface area contributed by atoms with Crippen LogP contribution in [0.15, 0.2) is 36.7 Å². The van der Waals surface area contributed by atoms with Gasteiger partial charge in [0.05, 0.1) is 0 Å². The van der Waals surface area contributed by atoms with Crippen LogP contribution >= 0.6 is 0 Å². The summed E-state index contributed by atoms with van der Waals surface area (Å²) in [4.78, 5) is 6.20. The van der Waals surface area contributed by atoms with Gasteiger partial charge in [-0.2, -0.15) is 0 Å². The lowest BCUT2D eigenvalue weighted by molar-refractivity contribution is 0.475. The Balaban J connectivity index is 2.32. The molecular weight excluding hydrogens is 190 g/mol. The smallest absolute Gasteiger partial charge is 0.209 e. The Morgan fingerprint density at radius 3 is 2.47 bits per heavy atom. The molecule has 0 saturated carbocycles. The van der Waals surface area contributed by atoms with Crippen molar-refractivity contribution in [2.24, 2.45) is 7.05 Å². The molecule has 0 fully saturated rings. The van der Waals surface area contributed by atoms with E-state index in [1.165, 1.54) is 0 Å². The average Bonchev–Trinajstić information content (AvgIpc) is 2.65. The zero-order valence-corrected chi connectivity index (χ0v) is 8.75. The van der Waals surface area contributed by atoms with E-state index in [1.807, 2.05) is 41.9 Å². The quantitative estimate of drug-likeness (QED) is 0.810. The minimum Gasteiger partial charge on any atom is -0.508 e. The third-order valence-electron chi connectivity index (χ3n) is 2.33. The third kappa shape index (κ3) is 1.79. The largest absolute Gasteiger partial charge is 0.508 e. The monoisotopic (exact) mass is 203 g/mol. The lowest BCUT2D eigenvalue weighted by atomic mass is 10.3. The number of aryl methyl sites for hydroxylation is 1. The maximum absolute atomic E-state index is 9.18. The molecule has 0 aliphatic carbocycles. The second kappa shape index (κ2) is 3.65. The van der Waals surface area contributed by atoms with Crippen LogP contribution in [0, 0.1) is 0 Å². The van der Waals surface area contributed by atoms with Crippen molar-refractivity contribution in [3.05, 3.63) is 36.7 Å². The lowest BCUT2D eigenvalue weighted by Gasteiger charge is -2.18. The van der Waals surface area contributed by atoms with Gasteiger partial charge in [-0.25, -0.2) is 4.98 Å². The van der Waals surface area contributed by atoms with Gasteiger partial charge in [-0.05, 0) is 24.3 Å². The number of imidazole rings is 1. The molecule has 2 aromatic rings. The SMILES string of the molecule is CN(c1ccc(O)cc1)c1nccn1C. The van der Waals surface area contributed by atoms with E-state index in [1.54, 1.807) is 18.3 Å². The number of phenols is 1. The number of nitrogens with zero attached hydrogens (tertiary/aromatic N) is 3. The van der Waals surface area contributed by atoms with Gasteiger partial charge in [-0.15, -0.1) is 0 Å². The van der Waals surface area contributed by atoms with Crippen molar-refractivity contribution >= 4 is 11.6 Å². The summed E-state index contributed by atoms with van der Waals surface area (Å²) in [6.07, 6.45) is 3.65. The predicted octanol–water partition coefficient (Wildman–Crippen LogP) is 1.89. The lowest BCUT2D eigenvalue weighted by Crippen LogP contribution is -2.13. The molecule has 0 aliphatic rings. The Morgan fingerprint density at radius 1 is 1.27 bits per heavy atom. The van der Waals surface area contributed by atoms with Gasteiger partial charge in [-0.3, -0.25) is 0 Å². The number of hydrogen-bond acceptors (Lipinski definition) is 3. The summed E-state index contributed by atoms with van der Waals surface area (Å²) in [7, 11) is 3.88. The Hall–Kier alpha value is -1.97. The summed E-state index contributed by atoms with van der Waals surface area (Å²) >= 11 is 0. The highest BCUT2D eigenvalue weighted by Crippen LogP contribution is 2.22. The molecule has 0 saturated heterocycles. The number of anilines is 2. The Bertz CT molecular complexity index is 447. The third-order valence-corrected chi connectivity index (χ3v) is 2.33. The van der Waals surface area contributed by atoms with E-state index in [2.05, 4.69) is 4.98 Å². The van der Waals surface area contributed by atoms with E-state index < -0.39 is 0 Å². The average molecular weight is 203 g/mol. The van der Waals surface area contributed by atoms with Crippen molar-refractivity contribution in [2.75, 3.05) is 11.9 Å². The number of phenolic OH excluding ortho intramolecular Hbond substituents is 1. The number of hydrogen-bond donors (Lipinski definition) is 1. The summed E-state index contributed by atoms with van der Waals surface area (Å²) in [5.74, 6) is 1.13. The normalized spacial score (nSPS) is 10.3. The maximum Gasteiger partial charge on any atom is 0.209 e. The number of benzene rings is 1. The first-order valence-electron chi connectivity index (χ1n) is 4.68. The molecule has 1 N–H and O–H groups in total. The highest BCUT2D eigenvalue weighted by atomic mass is 16.3. The van der Waals surface area contributed by atoms with Crippen molar-refractivity contribution < 1.29 is 5.11 Å². The van der Waals surface area contributed by atoms with Crippen LogP contribution in [-0.4, -0.2) is 21.7 Å². The van der Waals surface area contributed by atoms with Crippen LogP contribution < -0.4 is 4.90 Å². The van der Waals surface area contributed by atoms with Gasteiger partial charge >= 0.3 is 0 Å². The standard InChI is InChI=1S/C11H13N3O/c1-13-8-7-12-11(13)14(2)9-3-5-10(15)6-4-9/h3-8,15H,1-2H3. The number of aromatic nitrogens is 2. The molecule has 0 aliphatic heterocycles. The van der Waals surface area contributed by atoms with Crippen LogP contribution in [-0.2, 0) is 7.05 Å². The van der Waals surface area contributed by atoms with E-state index in [0.717, 1.165) is 11.6 Å². The van der Waals surface area contributed by atoms with Crippen LogP contribution in [0.2, 0.25) is 0 Å². The highest BCUT2D eigenvalue weighted by Gasteiger charge is 2.07. The van der Waals surface area contributed by atoms with Crippen molar-refractivity contribution in [1.82, 2.24) is 9.55 Å². The number of aromatic hydroxyl groups is 1. The molecule has 1 aromatic carbocycles. The van der Waals surface area contributed by atoms with Gasteiger partial charge in [0.1, 0.15) is 5.75 Å². The summed E-state index contributed by atoms with van der Waals surface area (Å²) in [6.45, 7) is 0. The minimum atomic E-state index is 0.270. The molecule has 0 spiro atoms. The first-order chi connectivity index (χ1) is 7.18. The van der Waals surface area contributed by atoms with Gasteiger partial charge < -0.3 is 14.6 Å². The summed E-state index contributed by atoms with van der Waals surface area (Å²) in [6, 6.07) is 7.03. The van der Waals surface area contributed by atoms with E-state index in [0.29, 0.717) is 0 Å². The zero-order valence-electron chi connectivity index (χ0n) is 8.75. The maximum atomic E-state index is 9.18. The molecule has 0 amide bonds. The Morgan fingerprint density at radius 2 is 1.93 bits per heavy atom. The topological polar surface area (TPSA) is 41.3 Å². The van der Waals surface area contributed by atoms with E-state index in [4.69, 9.17) is 0 Å². The molecule has 15 heavy (non-hydrogen) atoms. The molecule has 78 valence electrons. The molecule has 4 heteroatoms. The van der Waals surface area contributed by atoms with Crippen LogP contribution in [0.1, 0.15) is 0 Å². The van der Waals surface area contributed by atoms with Crippen molar-refractivity contribution in [1.29, 1.82) is 0 Å². The second-order valence-corrected chi connectivity index (χ2v) is 3.41. The van der Waals surface area contributed by atoms with Crippen molar-refractivity contribution in [3.8, 4) is 5.75 Å². The molecule has 1 heterocycles. The summed E-state index contributed by atoms with van der Waals surface area (Å²) in [5.41, 5.74) is 0.988.